The third-order valence-corrected chi connectivity index (χ3v) is 6.07. The molecule has 0 amide bonds. The van der Waals surface area contributed by atoms with E-state index in [1.807, 2.05) is 35.2 Å². The van der Waals surface area contributed by atoms with Crippen LogP contribution in [0.3, 0.4) is 0 Å². The number of benzene rings is 1. The van der Waals surface area contributed by atoms with E-state index in [9.17, 15) is 13.6 Å². The predicted octanol–water partition coefficient (Wildman–Crippen LogP) is 3.96. The van der Waals surface area contributed by atoms with Gasteiger partial charge in [0.05, 0.1) is 22.3 Å². The first kappa shape index (κ1) is 21.3. The zero-order valence-corrected chi connectivity index (χ0v) is 18.4. The molecule has 33 heavy (non-hydrogen) atoms. The van der Waals surface area contributed by atoms with Crippen molar-refractivity contribution in [2.45, 2.75) is 31.7 Å². The second-order valence-electron chi connectivity index (χ2n) is 8.00. The second-order valence-corrected chi connectivity index (χ2v) is 8.41. The SMILES string of the molecule is CC(F)(F)c1cnc(N2CCC[C@H]2c2nn3ccc(Cl)c3c(=O)n2-c2ccccc2)nc1N. The molecule has 170 valence electrons. The lowest BCUT2D eigenvalue weighted by molar-refractivity contribution is 0.0177. The van der Waals surface area contributed by atoms with Crippen molar-refractivity contribution < 1.29 is 8.78 Å². The minimum absolute atomic E-state index is 0.211. The summed E-state index contributed by atoms with van der Waals surface area (Å²) in [5.41, 5.74) is 6.00. The fraction of sp³-hybridized carbons (Fsp3) is 0.273. The number of nitrogen functional groups attached to an aromatic ring is 1. The van der Waals surface area contributed by atoms with E-state index in [1.165, 1.54) is 9.08 Å². The maximum atomic E-state index is 13.8. The summed E-state index contributed by atoms with van der Waals surface area (Å²) in [7, 11) is 0. The topological polar surface area (TPSA) is 94.3 Å². The van der Waals surface area contributed by atoms with Crippen molar-refractivity contribution in [3.8, 4) is 5.69 Å². The molecule has 3 aromatic heterocycles. The summed E-state index contributed by atoms with van der Waals surface area (Å²) in [5, 5.41) is 5.02. The molecular weight excluding hydrogens is 452 g/mol. The summed E-state index contributed by atoms with van der Waals surface area (Å²) in [4.78, 5) is 23.7. The largest absolute Gasteiger partial charge is 0.383 e. The van der Waals surface area contributed by atoms with Gasteiger partial charge >= 0.3 is 0 Å². The number of alkyl halides is 2. The van der Waals surface area contributed by atoms with Crippen molar-refractivity contribution in [3.63, 3.8) is 0 Å². The highest BCUT2D eigenvalue weighted by molar-refractivity contribution is 6.33. The molecule has 11 heteroatoms. The van der Waals surface area contributed by atoms with E-state index < -0.39 is 11.5 Å². The van der Waals surface area contributed by atoms with Crippen LogP contribution < -0.4 is 16.2 Å². The number of hydrogen-bond donors (Lipinski definition) is 1. The van der Waals surface area contributed by atoms with Gasteiger partial charge in [-0.25, -0.2) is 18.3 Å². The molecule has 0 saturated carbocycles. The normalized spacial score (nSPS) is 16.6. The number of fused-ring (bicyclic) bond motifs is 1. The van der Waals surface area contributed by atoms with Crippen LogP contribution in [0.25, 0.3) is 11.2 Å². The third kappa shape index (κ3) is 3.60. The van der Waals surface area contributed by atoms with Crippen LogP contribution in [0.4, 0.5) is 20.5 Å². The minimum atomic E-state index is -3.15. The number of anilines is 2. The lowest BCUT2D eigenvalue weighted by atomic mass is 10.2. The maximum absolute atomic E-state index is 13.8. The first-order chi connectivity index (χ1) is 15.8. The number of hydrogen-bond acceptors (Lipinski definition) is 6. The van der Waals surface area contributed by atoms with Crippen molar-refractivity contribution in [1.82, 2.24) is 24.1 Å². The highest BCUT2D eigenvalue weighted by Crippen LogP contribution is 2.36. The van der Waals surface area contributed by atoms with Gasteiger partial charge in [-0.1, -0.05) is 29.8 Å². The summed E-state index contributed by atoms with van der Waals surface area (Å²) in [5.74, 6) is -2.75. The molecule has 1 aromatic carbocycles. The summed E-state index contributed by atoms with van der Waals surface area (Å²) in [6, 6.07) is 10.4. The Bertz CT molecular complexity index is 1400. The molecule has 1 aliphatic rings. The molecule has 0 aliphatic carbocycles. The van der Waals surface area contributed by atoms with Gasteiger partial charge in [-0.15, -0.1) is 0 Å². The fourth-order valence-corrected chi connectivity index (χ4v) is 4.45. The van der Waals surface area contributed by atoms with Crippen LogP contribution in [0.1, 0.15) is 37.2 Å². The van der Waals surface area contributed by atoms with Crippen molar-refractivity contribution >= 4 is 28.9 Å². The summed E-state index contributed by atoms with van der Waals surface area (Å²) in [6.45, 7) is 1.31. The van der Waals surface area contributed by atoms with Gasteiger partial charge in [0.1, 0.15) is 11.3 Å². The Kier molecular flexibility index (Phi) is 5.04. The van der Waals surface area contributed by atoms with Crippen molar-refractivity contribution in [3.05, 3.63) is 75.6 Å². The van der Waals surface area contributed by atoms with Crippen molar-refractivity contribution in [1.29, 1.82) is 0 Å². The Labute approximate surface area is 192 Å². The van der Waals surface area contributed by atoms with Crippen LogP contribution in [0.15, 0.2) is 53.6 Å². The van der Waals surface area contributed by atoms with E-state index in [-0.39, 0.29) is 28.9 Å². The molecule has 4 heterocycles. The molecule has 0 spiro atoms. The van der Waals surface area contributed by atoms with Crippen LogP contribution in [-0.4, -0.2) is 30.7 Å². The van der Waals surface area contributed by atoms with Crippen LogP contribution in [0.5, 0.6) is 0 Å². The summed E-state index contributed by atoms with van der Waals surface area (Å²) in [6.07, 6.45) is 4.12. The Morgan fingerprint density at radius 2 is 1.97 bits per heavy atom. The zero-order valence-electron chi connectivity index (χ0n) is 17.6. The number of halogens is 3. The van der Waals surface area contributed by atoms with Gasteiger partial charge in [0.2, 0.25) is 5.95 Å². The monoisotopic (exact) mass is 471 g/mol. The number of rotatable bonds is 4. The van der Waals surface area contributed by atoms with Crippen LogP contribution in [0, 0.1) is 0 Å². The smallest absolute Gasteiger partial charge is 0.284 e. The van der Waals surface area contributed by atoms with E-state index >= 15 is 0 Å². The molecule has 0 unspecified atom stereocenters. The van der Waals surface area contributed by atoms with E-state index in [1.54, 1.807) is 12.3 Å². The highest BCUT2D eigenvalue weighted by Gasteiger charge is 2.35. The maximum Gasteiger partial charge on any atom is 0.284 e. The predicted molar refractivity (Wildman–Crippen MR) is 121 cm³/mol. The molecule has 2 N–H and O–H groups in total. The Balaban J connectivity index is 1.67. The standard InChI is InChI=1S/C22H20ClF2N7O/c1-22(24,25)14-12-27-21(28-18(14)26)30-10-5-8-16(30)19-29-31-11-9-15(23)17(31)20(33)32(19)13-6-3-2-4-7-13/h2-4,6-7,9,11-12,16H,5,8,10H2,1H3,(H2,26,27,28)/t16-/m0/s1. The Morgan fingerprint density at radius 3 is 2.67 bits per heavy atom. The Hall–Kier alpha value is -3.53. The quantitative estimate of drug-likeness (QED) is 0.484. The summed E-state index contributed by atoms with van der Waals surface area (Å²) >= 11 is 6.26. The molecule has 1 atom stereocenters. The molecule has 1 saturated heterocycles. The van der Waals surface area contributed by atoms with Gasteiger partial charge in [0.25, 0.3) is 11.5 Å². The highest BCUT2D eigenvalue weighted by atomic mass is 35.5. The first-order valence-corrected chi connectivity index (χ1v) is 10.8. The number of nitrogens with zero attached hydrogens (tertiary/aromatic N) is 6. The third-order valence-electron chi connectivity index (χ3n) is 5.76. The molecule has 0 radical (unpaired) electrons. The molecule has 4 aromatic rings. The molecular formula is C22H20ClF2N7O. The van der Waals surface area contributed by atoms with E-state index in [0.717, 1.165) is 19.5 Å². The van der Waals surface area contributed by atoms with Crippen molar-refractivity contribution in [2.24, 2.45) is 0 Å². The average molecular weight is 472 g/mol. The minimum Gasteiger partial charge on any atom is -0.383 e. The lowest BCUT2D eigenvalue weighted by Crippen LogP contribution is -2.33. The van der Waals surface area contributed by atoms with Gasteiger partial charge in [-0.3, -0.25) is 9.36 Å². The van der Waals surface area contributed by atoms with E-state index in [2.05, 4.69) is 9.97 Å². The average Bonchev–Trinajstić information content (AvgIpc) is 3.40. The van der Waals surface area contributed by atoms with Crippen LogP contribution >= 0.6 is 11.6 Å². The van der Waals surface area contributed by atoms with Crippen LogP contribution in [-0.2, 0) is 5.92 Å². The Morgan fingerprint density at radius 1 is 1.21 bits per heavy atom. The number of para-hydroxylation sites is 1. The second kappa shape index (κ2) is 7.80. The lowest BCUT2D eigenvalue weighted by Gasteiger charge is -2.27. The van der Waals surface area contributed by atoms with Gasteiger partial charge < -0.3 is 10.6 Å². The van der Waals surface area contributed by atoms with Crippen molar-refractivity contribution in [2.75, 3.05) is 17.2 Å². The molecule has 0 bridgehead atoms. The molecule has 1 aliphatic heterocycles. The first-order valence-electron chi connectivity index (χ1n) is 10.4. The van der Waals surface area contributed by atoms with Gasteiger partial charge in [0, 0.05) is 25.9 Å². The van der Waals surface area contributed by atoms with Gasteiger partial charge in [-0.05, 0) is 31.0 Å². The number of nitrogens with two attached hydrogens (primary N) is 1. The van der Waals surface area contributed by atoms with Gasteiger partial charge in [-0.2, -0.15) is 10.1 Å². The molecule has 1 fully saturated rings. The fourth-order valence-electron chi connectivity index (χ4n) is 4.23. The molecule has 8 nitrogen and oxygen atoms in total. The number of aromatic nitrogens is 5. The molecule has 5 rings (SSSR count). The van der Waals surface area contributed by atoms with E-state index in [0.29, 0.717) is 29.5 Å². The van der Waals surface area contributed by atoms with Crippen LogP contribution in [0.2, 0.25) is 5.02 Å². The zero-order chi connectivity index (χ0) is 23.3. The van der Waals surface area contributed by atoms with Gasteiger partial charge in [0.15, 0.2) is 5.82 Å². The van der Waals surface area contributed by atoms with E-state index in [4.69, 9.17) is 22.4 Å². The summed E-state index contributed by atoms with van der Waals surface area (Å²) < 4.78 is 30.5.